The number of likely N-dealkylation sites (tertiary alicyclic amines) is 1. The van der Waals surface area contributed by atoms with Gasteiger partial charge in [0.1, 0.15) is 0 Å². The molecule has 1 aromatic heterocycles. The van der Waals surface area contributed by atoms with Crippen LogP contribution in [0.25, 0.3) is 0 Å². The second kappa shape index (κ2) is 8.89. The van der Waals surface area contributed by atoms with Crippen molar-refractivity contribution in [1.29, 1.82) is 0 Å². The van der Waals surface area contributed by atoms with E-state index in [1.807, 2.05) is 12.4 Å². The first kappa shape index (κ1) is 16.9. The van der Waals surface area contributed by atoms with Gasteiger partial charge in [-0.15, -0.1) is 0 Å². The van der Waals surface area contributed by atoms with Crippen LogP contribution in [0.5, 0.6) is 0 Å². The maximum absolute atomic E-state index is 11.9. The molecule has 1 aliphatic heterocycles. The van der Waals surface area contributed by atoms with E-state index in [2.05, 4.69) is 41.2 Å². The maximum atomic E-state index is 11.9. The molecule has 1 aliphatic rings. The van der Waals surface area contributed by atoms with E-state index < -0.39 is 0 Å². The Bertz CT molecular complexity index is 439. The lowest BCUT2D eigenvalue weighted by Gasteiger charge is -2.32. The molecule has 2 rings (SSSR count). The van der Waals surface area contributed by atoms with E-state index >= 15 is 0 Å². The second-order valence-corrected chi connectivity index (χ2v) is 6.72. The van der Waals surface area contributed by atoms with Crippen LogP contribution in [-0.4, -0.2) is 41.5 Å². The first-order valence-corrected chi connectivity index (χ1v) is 8.54. The minimum atomic E-state index is 0.226. The monoisotopic (exact) mass is 303 g/mol. The number of hydrogen-bond donors (Lipinski definition) is 1. The third-order valence-corrected chi connectivity index (χ3v) is 4.37. The van der Waals surface area contributed by atoms with Crippen LogP contribution in [-0.2, 0) is 11.2 Å². The van der Waals surface area contributed by atoms with E-state index in [1.54, 1.807) is 0 Å². The molecule has 0 aromatic carbocycles. The summed E-state index contributed by atoms with van der Waals surface area (Å²) in [6.45, 7) is 7.58. The van der Waals surface area contributed by atoms with Crippen molar-refractivity contribution < 1.29 is 4.79 Å². The highest BCUT2D eigenvalue weighted by Crippen LogP contribution is 2.12. The summed E-state index contributed by atoms with van der Waals surface area (Å²) in [6.07, 6.45) is 8.58. The summed E-state index contributed by atoms with van der Waals surface area (Å²) in [5, 5.41) is 3.19. The Hall–Kier alpha value is -1.42. The van der Waals surface area contributed by atoms with Crippen molar-refractivity contribution in [3.8, 4) is 0 Å². The summed E-state index contributed by atoms with van der Waals surface area (Å²) in [5.74, 6) is 0.824. The Morgan fingerprint density at radius 2 is 2.00 bits per heavy atom. The predicted octanol–water partition coefficient (Wildman–Crippen LogP) is 2.64. The highest BCUT2D eigenvalue weighted by molar-refractivity contribution is 5.76. The first-order valence-electron chi connectivity index (χ1n) is 8.54. The molecule has 0 saturated carbocycles. The Morgan fingerprint density at radius 3 is 2.64 bits per heavy atom. The van der Waals surface area contributed by atoms with Gasteiger partial charge in [0, 0.05) is 44.5 Å². The zero-order valence-corrected chi connectivity index (χ0v) is 13.9. The number of carbonyl (C=O) groups is 1. The van der Waals surface area contributed by atoms with Gasteiger partial charge in [-0.25, -0.2) is 0 Å². The number of carbonyl (C=O) groups excluding carboxylic acids is 1. The molecule has 122 valence electrons. The van der Waals surface area contributed by atoms with Crippen molar-refractivity contribution in [3.63, 3.8) is 0 Å². The molecule has 0 atom stereocenters. The van der Waals surface area contributed by atoms with E-state index in [0.717, 1.165) is 45.3 Å². The van der Waals surface area contributed by atoms with E-state index in [4.69, 9.17) is 0 Å². The topological polar surface area (TPSA) is 45.2 Å². The fourth-order valence-corrected chi connectivity index (χ4v) is 2.86. The number of aromatic nitrogens is 1. The van der Waals surface area contributed by atoms with Gasteiger partial charge in [-0.05, 0) is 49.3 Å². The van der Waals surface area contributed by atoms with Gasteiger partial charge in [-0.1, -0.05) is 13.8 Å². The third-order valence-electron chi connectivity index (χ3n) is 4.37. The quantitative estimate of drug-likeness (QED) is 0.842. The maximum Gasteiger partial charge on any atom is 0.220 e. The summed E-state index contributed by atoms with van der Waals surface area (Å²) in [5.41, 5.74) is 1.35. The molecule has 0 unspecified atom stereocenters. The van der Waals surface area contributed by atoms with Crippen molar-refractivity contribution in [3.05, 3.63) is 30.1 Å². The lowest BCUT2D eigenvalue weighted by molar-refractivity contribution is -0.122. The molecule has 1 amide bonds. The van der Waals surface area contributed by atoms with Gasteiger partial charge in [-0.3, -0.25) is 9.78 Å². The van der Waals surface area contributed by atoms with E-state index in [-0.39, 0.29) is 5.91 Å². The summed E-state index contributed by atoms with van der Waals surface area (Å²) in [6, 6.07) is 4.54. The Morgan fingerprint density at radius 1 is 1.32 bits per heavy atom. The molecule has 0 aliphatic carbocycles. The van der Waals surface area contributed by atoms with E-state index in [0.29, 0.717) is 18.4 Å². The summed E-state index contributed by atoms with van der Waals surface area (Å²) in [4.78, 5) is 18.4. The fraction of sp³-hybridized carbons (Fsp3) is 0.667. The van der Waals surface area contributed by atoms with Crippen molar-refractivity contribution in [2.45, 2.75) is 52.0 Å². The normalized spacial score (nSPS) is 16.9. The largest absolute Gasteiger partial charge is 0.353 e. The van der Waals surface area contributed by atoms with Crippen LogP contribution < -0.4 is 5.32 Å². The number of nitrogens with one attached hydrogen (secondary N) is 1. The Kier molecular flexibility index (Phi) is 6.84. The van der Waals surface area contributed by atoms with E-state index in [9.17, 15) is 4.79 Å². The van der Waals surface area contributed by atoms with Crippen molar-refractivity contribution >= 4 is 5.91 Å². The Balaban J connectivity index is 1.62. The molecule has 1 aromatic rings. The van der Waals surface area contributed by atoms with Gasteiger partial charge >= 0.3 is 0 Å². The average Bonchev–Trinajstić information content (AvgIpc) is 2.53. The van der Waals surface area contributed by atoms with Crippen molar-refractivity contribution in [2.24, 2.45) is 5.92 Å². The number of piperidine rings is 1. The summed E-state index contributed by atoms with van der Waals surface area (Å²) in [7, 11) is 0. The summed E-state index contributed by atoms with van der Waals surface area (Å²) >= 11 is 0. The number of rotatable bonds is 7. The molecule has 2 heterocycles. The molecule has 4 heteroatoms. The predicted molar refractivity (Wildman–Crippen MR) is 89.6 cm³/mol. The highest BCUT2D eigenvalue weighted by atomic mass is 16.1. The molecule has 0 radical (unpaired) electrons. The molecular formula is C18H29N3O. The van der Waals surface area contributed by atoms with Crippen LogP contribution in [0.4, 0.5) is 0 Å². The zero-order chi connectivity index (χ0) is 15.8. The number of pyridine rings is 1. The van der Waals surface area contributed by atoms with Crippen LogP contribution >= 0.6 is 0 Å². The van der Waals surface area contributed by atoms with Crippen LogP contribution in [0.3, 0.4) is 0 Å². The van der Waals surface area contributed by atoms with Gasteiger partial charge in [0.2, 0.25) is 5.91 Å². The smallest absolute Gasteiger partial charge is 0.220 e. The number of hydrogen-bond acceptors (Lipinski definition) is 3. The molecule has 0 bridgehead atoms. The molecule has 0 spiro atoms. The van der Waals surface area contributed by atoms with Gasteiger partial charge in [0.15, 0.2) is 0 Å². The van der Waals surface area contributed by atoms with Crippen molar-refractivity contribution in [1.82, 2.24) is 15.2 Å². The first-order chi connectivity index (χ1) is 10.6. The summed E-state index contributed by atoms with van der Waals surface area (Å²) < 4.78 is 0. The van der Waals surface area contributed by atoms with Crippen LogP contribution in [0, 0.1) is 5.92 Å². The third kappa shape index (κ3) is 6.14. The molecule has 1 N–H and O–H groups in total. The second-order valence-electron chi connectivity index (χ2n) is 6.72. The minimum Gasteiger partial charge on any atom is -0.353 e. The van der Waals surface area contributed by atoms with E-state index in [1.165, 1.54) is 5.56 Å². The Labute approximate surface area is 134 Å². The highest BCUT2D eigenvalue weighted by Gasteiger charge is 2.20. The lowest BCUT2D eigenvalue weighted by Crippen LogP contribution is -2.45. The number of nitrogens with zero attached hydrogens (tertiary/aromatic N) is 2. The standard InChI is InChI=1S/C18H29N3O/c1-15(2)3-4-18(22)20-17-8-13-21(14-9-17)12-7-16-5-10-19-11-6-16/h5-6,10-11,15,17H,3-4,7-9,12-14H2,1-2H3,(H,20,22). The van der Waals surface area contributed by atoms with Crippen LogP contribution in [0.2, 0.25) is 0 Å². The molecule has 1 saturated heterocycles. The number of amides is 1. The SMILES string of the molecule is CC(C)CCC(=O)NC1CCN(CCc2ccncc2)CC1. The van der Waals surface area contributed by atoms with Gasteiger partial charge in [0.25, 0.3) is 0 Å². The molecule has 1 fully saturated rings. The van der Waals surface area contributed by atoms with Crippen LogP contribution in [0.15, 0.2) is 24.5 Å². The van der Waals surface area contributed by atoms with Crippen LogP contribution in [0.1, 0.15) is 45.1 Å². The minimum absolute atomic E-state index is 0.226. The fourth-order valence-electron chi connectivity index (χ4n) is 2.86. The molecular weight excluding hydrogens is 274 g/mol. The van der Waals surface area contributed by atoms with Gasteiger partial charge in [-0.2, -0.15) is 0 Å². The molecule has 4 nitrogen and oxygen atoms in total. The molecule has 22 heavy (non-hydrogen) atoms. The van der Waals surface area contributed by atoms with Gasteiger partial charge in [0.05, 0.1) is 0 Å². The zero-order valence-electron chi connectivity index (χ0n) is 13.9. The van der Waals surface area contributed by atoms with Gasteiger partial charge < -0.3 is 10.2 Å². The average molecular weight is 303 g/mol. The van der Waals surface area contributed by atoms with Crippen molar-refractivity contribution in [2.75, 3.05) is 19.6 Å². The lowest BCUT2D eigenvalue weighted by atomic mass is 10.0.